The molecule has 3 heterocycles. The van der Waals surface area contributed by atoms with Crippen molar-refractivity contribution in [3.05, 3.63) is 57.9 Å². The van der Waals surface area contributed by atoms with E-state index in [4.69, 9.17) is 16.9 Å². The molecule has 1 aliphatic heterocycles. The fourth-order valence-electron chi connectivity index (χ4n) is 4.12. The van der Waals surface area contributed by atoms with Gasteiger partial charge in [0.1, 0.15) is 11.5 Å². The van der Waals surface area contributed by atoms with E-state index in [1.807, 2.05) is 0 Å². The van der Waals surface area contributed by atoms with E-state index >= 15 is 4.39 Å². The first-order chi connectivity index (χ1) is 16.3. The summed E-state index contributed by atoms with van der Waals surface area (Å²) in [6, 6.07) is 3.58. The molecule has 11 heteroatoms. The Balaban J connectivity index is 1.82. The van der Waals surface area contributed by atoms with Crippen molar-refractivity contribution in [2.75, 3.05) is 30.4 Å². The summed E-state index contributed by atoms with van der Waals surface area (Å²) in [5.41, 5.74) is 4.09. The molecule has 172 valence electrons. The number of rotatable bonds is 2. The number of ether oxygens (including phenoxy) is 1. The van der Waals surface area contributed by atoms with Gasteiger partial charge >= 0.3 is 5.69 Å². The van der Waals surface area contributed by atoms with Crippen molar-refractivity contribution in [3.8, 4) is 23.6 Å². The van der Waals surface area contributed by atoms with E-state index in [1.165, 1.54) is 23.2 Å². The van der Waals surface area contributed by atoms with Crippen LogP contribution in [0.1, 0.15) is 5.56 Å². The van der Waals surface area contributed by atoms with Gasteiger partial charge in [0.2, 0.25) is 0 Å². The van der Waals surface area contributed by atoms with Gasteiger partial charge in [-0.2, -0.15) is 4.98 Å². The molecule has 5 rings (SSSR count). The minimum absolute atomic E-state index is 0.00444. The molecule has 2 aromatic heterocycles. The number of nitrogens with zero attached hydrogens (tertiary/aromatic N) is 3. The van der Waals surface area contributed by atoms with Crippen molar-refractivity contribution in [1.82, 2.24) is 15.0 Å². The number of morpholine rings is 1. The van der Waals surface area contributed by atoms with Crippen LogP contribution in [0.25, 0.3) is 32.9 Å². The minimum atomic E-state index is -1.59. The largest absolute Gasteiger partial charge is 0.399 e. The lowest BCUT2D eigenvalue weighted by molar-refractivity contribution is 0.0493. The molecule has 0 amide bonds. The molecule has 0 aliphatic carbocycles. The summed E-state index contributed by atoms with van der Waals surface area (Å²) in [6.07, 6.45) is 5.04. The molecule has 3 N–H and O–H groups in total. The van der Waals surface area contributed by atoms with Gasteiger partial charge in [-0.25, -0.2) is 22.4 Å². The zero-order valence-electron chi connectivity index (χ0n) is 17.3. The molecule has 1 atom stereocenters. The second-order valence-electron chi connectivity index (χ2n) is 7.64. The van der Waals surface area contributed by atoms with Crippen LogP contribution in [-0.4, -0.2) is 41.0 Å². The van der Waals surface area contributed by atoms with E-state index < -0.39 is 35.0 Å². The lowest BCUT2D eigenvalue weighted by atomic mass is 9.95. The summed E-state index contributed by atoms with van der Waals surface area (Å²) in [4.78, 5) is 23.7. The smallest absolute Gasteiger partial charge is 0.347 e. The van der Waals surface area contributed by atoms with Crippen molar-refractivity contribution in [2.24, 2.45) is 0 Å². The van der Waals surface area contributed by atoms with Crippen LogP contribution in [0.2, 0.25) is 0 Å². The van der Waals surface area contributed by atoms with Crippen molar-refractivity contribution in [2.45, 2.75) is 6.30 Å². The van der Waals surface area contributed by atoms with E-state index in [2.05, 4.69) is 20.9 Å². The van der Waals surface area contributed by atoms with Gasteiger partial charge < -0.3 is 20.4 Å². The van der Waals surface area contributed by atoms with Crippen LogP contribution in [-0.2, 0) is 4.74 Å². The molecule has 0 saturated carbocycles. The zero-order valence-corrected chi connectivity index (χ0v) is 17.3. The molecule has 0 unspecified atom stereocenters. The van der Waals surface area contributed by atoms with Crippen molar-refractivity contribution < 1.29 is 22.3 Å². The number of alkyl halides is 1. The van der Waals surface area contributed by atoms with Gasteiger partial charge in [0.25, 0.3) is 0 Å². The van der Waals surface area contributed by atoms with Crippen LogP contribution in [0.15, 0.2) is 29.2 Å². The molecular weight excluding hydrogens is 454 g/mol. The number of hydrogen-bond donors (Lipinski definition) is 2. The fourth-order valence-corrected chi connectivity index (χ4v) is 4.12. The first kappa shape index (κ1) is 21.7. The number of terminal acetylenes is 1. The Morgan fingerprint density at radius 2 is 2.03 bits per heavy atom. The maximum Gasteiger partial charge on any atom is 0.347 e. The molecule has 2 aromatic carbocycles. The van der Waals surface area contributed by atoms with Crippen molar-refractivity contribution >= 4 is 33.2 Å². The highest BCUT2D eigenvalue weighted by molar-refractivity contribution is 6.03. The Labute approximate surface area is 189 Å². The number of halogens is 4. The maximum absolute atomic E-state index is 15.8. The standard InChI is InChI=1S/C23H15F4N5O2/c1-2-12-17-10(6-15(24)18(12)26)5-11(28)7-13(17)20-19(27)21-14(8-29-20)22(31-23(33)30-21)32-3-4-34-9-16(32)25/h1,5-8,16H,3-4,9,28H2,(H,30,31,33)/t16-/m0/s1. The molecule has 34 heavy (non-hydrogen) atoms. The predicted octanol–water partition coefficient (Wildman–Crippen LogP) is 3.25. The third-order valence-corrected chi connectivity index (χ3v) is 5.59. The minimum Gasteiger partial charge on any atom is -0.399 e. The fraction of sp³-hybridized carbons (Fsp3) is 0.174. The van der Waals surface area contributed by atoms with E-state index in [1.54, 1.807) is 0 Å². The maximum atomic E-state index is 15.8. The van der Waals surface area contributed by atoms with Crippen LogP contribution < -0.4 is 16.3 Å². The van der Waals surface area contributed by atoms with Crippen molar-refractivity contribution in [3.63, 3.8) is 0 Å². The summed E-state index contributed by atoms with van der Waals surface area (Å²) in [5, 5.41) is 0.212. The molecule has 1 saturated heterocycles. The van der Waals surface area contributed by atoms with Gasteiger partial charge in [-0.3, -0.25) is 4.98 Å². The molecule has 1 aliphatic rings. The number of hydrogen-bond acceptors (Lipinski definition) is 6. The number of fused-ring (bicyclic) bond motifs is 2. The number of benzene rings is 2. The molecule has 0 bridgehead atoms. The van der Waals surface area contributed by atoms with Gasteiger partial charge in [-0.15, -0.1) is 6.42 Å². The van der Waals surface area contributed by atoms with Gasteiger partial charge in [-0.1, -0.05) is 5.92 Å². The molecule has 0 radical (unpaired) electrons. The van der Waals surface area contributed by atoms with Crippen LogP contribution >= 0.6 is 0 Å². The highest BCUT2D eigenvalue weighted by atomic mass is 19.2. The van der Waals surface area contributed by atoms with Crippen LogP contribution in [0.4, 0.5) is 29.1 Å². The van der Waals surface area contributed by atoms with Crippen LogP contribution in [0, 0.1) is 29.8 Å². The Hall–Kier alpha value is -4.17. The Bertz CT molecular complexity index is 1580. The summed E-state index contributed by atoms with van der Waals surface area (Å²) in [6.45, 7) is 0.0409. The lowest BCUT2D eigenvalue weighted by Crippen LogP contribution is -2.44. The average Bonchev–Trinajstić information content (AvgIpc) is 2.80. The quantitative estimate of drug-likeness (QED) is 0.203. The van der Waals surface area contributed by atoms with Gasteiger partial charge in [0, 0.05) is 29.4 Å². The highest BCUT2D eigenvalue weighted by Gasteiger charge is 2.28. The molecule has 4 aromatic rings. The van der Waals surface area contributed by atoms with Gasteiger partial charge in [-0.05, 0) is 23.6 Å². The number of pyridine rings is 1. The number of nitrogens with two attached hydrogens (primary N) is 1. The number of nitrogens with one attached hydrogen (secondary N) is 1. The van der Waals surface area contributed by atoms with E-state index in [0.717, 1.165) is 6.07 Å². The zero-order chi connectivity index (χ0) is 24.1. The molecule has 7 nitrogen and oxygen atoms in total. The normalized spacial score (nSPS) is 16.2. The van der Waals surface area contributed by atoms with Crippen LogP contribution in [0.5, 0.6) is 0 Å². The first-order valence-corrected chi connectivity index (χ1v) is 10.1. The summed E-state index contributed by atoms with van der Waals surface area (Å²) in [7, 11) is 0. The average molecular weight is 469 g/mol. The molecule has 1 fully saturated rings. The first-order valence-electron chi connectivity index (χ1n) is 10.1. The summed E-state index contributed by atoms with van der Waals surface area (Å²) in [5.74, 6) is -1.46. The molecular formula is C23H15F4N5O2. The Kier molecular flexibility index (Phi) is 5.10. The van der Waals surface area contributed by atoms with Crippen molar-refractivity contribution in [1.29, 1.82) is 0 Å². The number of aromatic amines is 1. The second-order valence-corrected chi connectivity index (χ2v) is 7.64. The second kappa shape index (κ2) is 8.00. The summed E-state index contributed by atoms with van der Waals surface area (Å²) >= 11 is 0. The number of H-pyrrole nitrogens is 1. The number of aromatic nitrogens is 3. The highest BCUT2D eigenvalue weighted by Crippen LogP contribution is 2.37. The third kappa shape index (κ3) is 3.31. The lowest BCUT2D eigenvalue weighted by Gasteiger charge is -2.31. The van der Waals surface area contributed by atoms with Gasteiger partial charge in [0.05, 0.1) is 29.7 Å². The third-order valence-electron chi connectivity index (χ3n) is 5.59. The number of nitrogen functional groups attached to an aromatic ring is 1. The number of anilines is 2. The van der Waals surface area contributed by atoms with E-state index in [9.17, 15) is 18.0 Å². The summed E-state index contributed by atoms with van der Waals surface area (Å²) < 4.78 is 63.8. The molecule has 0 spiro atoms. The van der Waals surface area contributed by atoms with E-state index in [-0.39, 0.29) is 64.2 Å². The van der Waals surface area contributed by atoms with Crippen LogP contribution in [0.3, 0.4) is 0 Å². The monoisotopic (exact) mass is 469 g/mol. The topological polar surface area (TPSA) is 97.1 Å². The predicted molar refractivity (Wildman–Crippen MR) is 118 cm³/mol. The van der Waals surface area contributed by atoms with Gasteiger partial charge in [0.15, 0.2) is 23.7 Å². The Morgan fingerprint density at radius 3 is 2.76 bits per heavy atom. The Morgan fingerprint density at radius 1 is 1.24 bits per heavy atom. The SMILES string of the molecule is C#Cc1c(F)c(F)cc2cc(N)cc(-c3ncc4c(N5CCOC[C@H]5F)nc(=O)[nH]c4c3F)c12. The van der Waals surface area contributed by atoms with E-state index in [0.29, 0.717) is 0 Å².